The minimum absolute atomic E-state index is 0.0634. The Kier molecular flexibility index (Phi) is 9.65. The highest BCUT2D eigenvalue weighted by Gasteiger charge is 2.52. The molecule has 1 aliphatic rings. The molecule has 3 aromatic carbocycles. The van der Waals surface area contributed by atoms with Gasteiger partial charge in [-0.3, -0.25) is 14.9 Å². The predicted molar refractivity (Wildman–Crippen MR) is 176 cm³/mol. The van der Waals surface area contributed by atoms with Gasteiger partial charge in [-0.05, 0) is 85.5 Å². The number of carbonyl (C=O) groups is 3. The molecule has 4 N–H and O–H groups in total. The molecule has 1 aliphatic carbocycles. The lowest BCUT2D eigenvalue weighted by Crippen LogP contribution is -2.58. The summed E-state index contributed by atoms with van der Waals surface area (Å²) in [7, 11) is 0. The number of carboxylic acids is 1. The predicted octanol–water partition coefficient (Wildman–Crippen LogP) is 8.01. The molecule has 0 aromatic heterocycles. The summed E-state index contributed by atoms with van der Waals surface area (Å²) in [6.45, 7) is 11.8. The maximum atomic E-state index is 13.9. The smallest absolute Gasteiger partial charge is 0.326 e. The normalized spacial score (nSPS) is 15.1. The Labute approximate surface area is 263 Å². The first-order valence-corrected chi connectivity index (χ1v) is 15.2. The molecular weight excluding hydrogens is 572 g/mol. The van der Waals surface area contributed by atoms with Gasteiger partial charge in [0.25, 0.3) is 11.6 Å². The van der Waals surface area contributed by atoms with E-state index in [1.807, 2.05) is 53.7 Å². The van der Waals surface area contributed by atoms with E-state index in [9.17, 15) is 29.6 Å². The number of nitrogens with zero attached hydrogens (tertiary/aromatic N) is 1. The third-order valence-electron chi connectivity index (χ3n) is 9.15. The molecule has 1 fully saturated rings. The average Bonchev–Trinajstić information content (AvgIpc) is 2.97. The summed E-state index contributed by atoms with van der Waals surface area (Å²) in [5, 5.41) is 30.1. The maximum absolute atomic E-state index is 13.9. The van der Waals surface area contributed by atoms with Gasteiger partial charge >= 0.3 is 12.0 Å². The van der Waals surface area contributed by atoms with E-state index in [0.717, 1.165) is 36.0 Å². The summed E-state index contributed by atoms with van der Waals surface area (Å²) >= 11 is 0. The second-order valence-corrected chi connectivity index (χ2v) is 13.1. The fourth-order valence-electron chi connectivity index (χ4n) is 6.74. The molecule has 0 aliphatic heterocycles. The third kappa shape index (κ3) is 7.16. The number of nitrogens with one attached hydrogen (secondary N) is 3. The first-order chi connectivity index (χ1) is 21.1. The van der Waals surface area contributed by atoms with Gasteiger partial charge in [0.2, 0.25) is 0 Å². The van der Waals surface area contributed by atoms with Crippen LogP contribution < -0.4 is 16.0 Å². The molecule has 0 heterocycles. The number of carbonyl (C=O) groups excluding carboxylic acids is 2. The lowest BCUT2D eigenvalue weighted by atomic mass is 9.55. The van der Waals surface area contributed by atoms with Crippen molar-refractivity contribution in [2.45, 2.75) is 79.7 Å². The zero-order valence-electron chi connectivity index (χ0n) is 26.7. The van der Waals surface area contributed by atoms with Crippen molar-refractivity contribution < 1.29 is 24.4 Å². The zero-order chi connectivity index (χ0) is 33.1. The monoisotopic (exact) mass is 614 g/mol. The second kappa shape index (κ2) is 13.1. The number of hydrogen-bond donors (Lipinski definition) is 4. The number of nitro groups is 1. The van der Waals surface area contributed by atoms with Gasteiger partial charge in [-0.25, -0.2) is 9.59 Å². The number of nitro benzene ring substituents is 1. The van der Waals surface area contributed by atoms with Gasteiger partial charge < -0.3 is 21.1 Å². The number of rotatable bonds is 8. The summed E-state index contributed by atoms with van der Waals surface area (Å²) < 4.78 is 0. The first kappa shape index (κ1) is 33.2. The number of urea groups is 1. The highest BCUT2D eigenvalue weighted by atomic mass is 16.6. The van der Waals surface area contributed by atoms with E-state index >= 15 is 0 Å². The van der Waals surface area contributed by atoms with E-state index in [-0.39, 0.29) is 16.9 Å². The fourth-order valence-corrected chi connectivity index (χ4v) is 6.74. The summed E-state index contributed by atoms with van der Waals surface area (Å²) in [6.07, 6.45) is 4.13. The number of aryl methyl sites for hydroxylation is 3. The molecule has 0 radical (unpaired) electrons. The molecule has 0 spiro atoms. The van der Waals surface area contributed by atoms with Crippen molar-refractivity contribution in [1.29, 1.82) is 0 Å². The molecule has 0 saturated heterocycles. The molecule has 1 saturated carbocycles. The van der Waals surface area contributed by atoms with Gasteiger partial charge in [0.05, 0.1) is 16.2 Å². The first-order valence-electron chi connectivity index (χ1n) is 15.2. The standard InChI is InChI=1S/C35H42N4O6/c1-21-18-22(2)29(23(3)19-21)37-33(43)36-28-20-25(24-10-13-26(14-11-24)39(44)45)12-15-27(28)31(40)38-30(32(41)42)35(34(4,5)6)16-8-7-9-17-35/h10-15,18-20,30H,7-9,16-17H2,1-6H3,(H,38,40)(H,41,42)(H2,36,37,43)/t30-/m1/s1. The van der Waals surface area contributed by atoms with Crippen molar-refractivity contribution >= 4 is 35.0 Å². The number of hydrogen-bond acceptors (Lipinski definition) is 5. The van der Waals surface area contributed by atoms with E-state index in [0.29, 0.717) is 29.7 Å². The highest BCUT2D eigenvalue weighted by molar-refractivity contribution is 6.08. The van der Waals surface area contributed by atoms with Crippen molar-refractivity contribution in [1.82, 2.24) is 5.32 Å². The number of benzene rings is 3. The maximum Gasteiger partial charge on any atom is 0.326 e. The van der Waals surface area contributed by atoms with E-state index in [1.54, 1.807) is 24.3 Å². The number of aliphatic carboxylic acids is 1. The third-order valence-corrected chi connectivity index (χ3v) is 9.15. The van der Waals surface area contributed by atoms with E-state index in [2.05, 4.69) is 16.0 Å². The van der Waals surface area contributed by atoms with Crippen molar-refractivity contribution in [3.8, 4) is 11.1 Å². The van der Waals surface area contributed by atoms with Crippen molar-refractivity contribution in [3.05, 3.63) is 87.0 Å². The largest absolute Gasteiger partial charge is 0.480 e. The summed E-state index contributed by atoms with van der Waals surface area (Å²) in [5.41, 5.74) is 3.85. The van der Waals surface area contributed by atoms with Gasteiger partial charge in [0.15, 0.2) is 0 Å². The van der Waals surface area contributed by atoms with Crippen LogP contribution in [0.3, 0.4) is 0 Å². The Hall–Kier alpha value is -4.73. The van der Waals surface area contributed by atoms with Gasteiger partial charge in [-0.1, -0.05) is 63.8 Å². The highest BCUT2D eigenvalue weighted by Crippen LogP contribution is 2.52. The summed E-state index contributed by atoms with van der Waals surface area (Å²) in [6, 6.07) is 13.0. The number of carboxylic acid groups (broad SMARTS) is 1. The van der Waals surface area contributed by atoms with Gasteiger partial charge in [-0.2, -0.15) is 0 Å². The van der Waals surface area contributed by atoms with Crippen LogP contribution in [0.5, 0.6) is 0 Å². The zero-order valence-corrected chi connectivity index (χ0v) is 26.7. The van der Waals surface area contributed by atoms with Gasteiger partial charge in [-0.15, -0.1) is 0 Å². The molecule has 1 atom stereocenters. The van der Waals surface area contributed by atoms with E-state index in [1.165, 1.54) is 18.2 Å². The van der Waals surface area contributed by atoms with Crippen LogP contribution in [0, 0.1) is 41.7 Å². The molecule has 238 valence electrons. The van der Waals surface area contributed by atoms with Crippen LogP contribution >= 0.6 is 0 Å². The number of non-ortho nitro benzene ring substituents is 1. The SMILES string of the molecule is Cc1cc(C)c(NC(=O)Nc2cc(-c3ccc([N+](=O)[O-])cc3)ccc2C(=O)N[C@H](C(=O)O)C2(C(C)(C)C)CCCCC2)c(C)c1. The van der Waals surface area contributed by atoms with Crippen LogP contribution in [0.25, 0.3) is 11.1 Å². The quantitative estimate of drug-likeness (QED) is 0.149. The molecule has 45 heavy (non-hydrogen) atoms. The van der Waals surface area contributed by atoms with Gasteiger partial charge in [0, 0.05) is 23.2 Å². The van der Waals surface area contributed by atoms with E-state index < -0.39 is 39.7 Å². The van der Waals surface area contributed by atoms with Crippen LogP contribution in [0.2, 0.25) is 0 Å². The Morgan fingerprint density at radius 2 is 1.44 bits per heavy atom. The second-order valence-electron chi connectivity index (χ2n) is 13.1. The lowest BCUT2D eigenvalue weighted by molar-refractivity contribution is -0.384. The minimum Gasteiger partial charge on any atom is -0.480 e. The van der Waals surface area contributed by atoms with Crippen LogP contribution in [-0.2, 0) is 4.79 Å². The van der Waals surface area contributed by atoms with Crippen LogP contribution in [0.4, 0.5) is 21.9 Å². The molecule has 3 amide bonds. The lowest BCUT2D eigenvalue weighted by Gasteiger charge is -2.51. The van der Waals surface area contributed by atoms with E-state index in [4.69, 9.17) is 0 Å². The van der Waals surface area contributed by atoms with Crippen molar-refractivity contribution in [3.63, 3.8) is 0 Å². The van der Waals surface area contributed by atoms with Gasteiger partial charge in [0.1, 0.15) is 6.04 Å². The van der Waals surface area contributed by atoms with Crippen molar-refractivity contribution in [2.75, 3.05) is 10.6 Å². The molecule has 10 heteroatoms. The molecule has 0 unspecified atom stereocenters. The average molecular weight is 615 g/mol. The van der Waals surface area contributed by atoms with Crippen LogP contribution in [-0.4, -0.2) is 34.0 Å². The molecule has 4 rings (SSSR count). The van der Waals surface area contributed by atoms with Crippen LogP contribution in [0.15, 0.2) is 54.6 Å². The molecule has 3 aromatic rings. The Morgan fingerprint density at radius 3 is 1.98 bits per heavy atom. The number of anilines is 2. The molecule has 10 nitrogen and oxygen atoms in total. The Bertz CT molecular complexity index is 1600. The molecular formula is C35H42N4O6. The summed E-state index contributed by atoms with van der Waals surface area (Å²) in [5.74, 6) is -1.72. The Morgan fingerprint density at radius 1 is 0.867 bits per heavy atom. The minimum atomic E-state index is -1.14. The number of amides is 3. The summed E-state index contributed by atoms with van der Waals surface area (Å²) in [4.78, 5) is 50.7. The fraction of sp³-hybridized carbons (Fsp3) is 0.400. The van der Waals surface area contributed by atoms with Crippen molar-refractivity contribution in [2.24, 2.45) is 10.8 Å². The van der Waals surface area contributed by atoms with Crippen LogP contribution in [0.1, 0.15) is 79.9 Å². The topological polar surface area (TPSA) is 151 Å². The Balaban J connectivity index is 1.72. The molecule has 0 bridgehead atoms.